The first-order valence-corrected chi connectivity index (χ1v) is 8.77. The number of likely N-dealkylation sites (tertiary alicyclic amines) is 1. The summed E-state index contributed by atoms with van der Waals surface area (Å²) >= 11 is 0. The van der Waals surface area contributed by atoms with Crippen LogP contribution < -0.4 is 5.32 Å². The summed E-state index contributed by atoms with van der Waals surface area (Å²) in [6.45, 7) is 7.61. The normalized spacial score (nSPS) is 17.6. The molecule has 0 spiro atoms. The van der Waals surface area contributed by atoms with Crippen LogP contribution in [0.1, 0.15) is 39.2 Å². The highest BCUT2D eigenvalue weighted by Gasteiger charge is 2.26. The summed E-state index contributed by atoms with van der Waals surface area (Å²) in [5.74, 6) is 0. The number of benzene rings is 1. The number of carbonyl (C=O) groups excluding carboxylic acids is 1. The van der Waals surface area contributed by atoms with Gasteiger partial charge in [-0.3, -0.25) is 0 Å². The van der Waals surface area contributed by atoms with Gasteiger partial charge in [-0.2, -0.15) is 0 Å². The van der Waals surface area contributed by atoms with Crippen LogP contribution in [-0.2, 0) is 11.2 Å². The highest BCUT2D eigenvalue weighted by Crippen LogP contribution is 2.15. The van der Waals surface area contributed by atoms with Gasteiger partial charge in [0.25, 0.3) is 0 Å². The van der Waals surface area contributed by atoms with Gasteiger partial charge in [0.15, 0.2) is 0 Å². The van der Waals surface area contributed by atoms with Gasteiger partial charge in [-0.15, -0.1) is 0 Å². The summed E-state index contributed by atoms with van der Waals surface area (Å²) in [4.78, 5) is 13.8. The Morgan fingerprint density at radius 1 is 1.29 bits per heavy atom. The minimum atomic E-state index is -0.451. The van der Waals surface area contributed by atoms with Gasteiger partial charge >= 0.3 is 6.09 Å². The summed E-state index contributed by atoms with van der Waals surface area (Å²) in [5.41, 5.74) is 0.694. The van der Waals surface area contributed by atoms with Crippen LogP contribution >= 0.6 is 0 Å². The molecule has 1 unspecified atom stereocenters. The molecule has 0 bridgehead atoms. The minimum absolute atomic E-state index is 0.231. The molecule has 134 valence electrons. The maximum absolute atomic E-state index is 12.0. The van der Waals surface area contributed by atoms with E-state index in [0.717, 1.165) is 18.4 Å². The van der Waals surface area contributed by atoms with E-state index in [0.29, 0.717) is 32.1 Å². The monoisotopic (exact) mass is 334 g/mol. The second-order valence-electron chi connectivity index (χ2n) is 7.49. The summed E-state index contributed by atoms with van der Waals surface area (Å²) in [5, 5.41) is 13.6. The Bertz CT molecular complexity index is 505. The minimum Gasteiger partial charge on any atom is -0.444 e. The van der Waals surface area contributed by atoms with Gasteiger partial charge in [0.1, 0.15) is 5.60 Å². The molecule has 0 aromatic heterocycles. The number of nitrogens with zero attached hydrogens (tertiary/aromatic N) is 1. The third-order valence-electron chi connectivity index (χ3n) is 4.10. The predicted molar refractivity (Wildman–Crippen MR) is 95.0 cm³/mol. The zero-order valence-corrected chi connectivity index (χ0v) is 15.0. The zero-order valence-electron chi connectivity index (χ0n) is 15.0. The summed E-state index contributed by atoms with van der Waals surface area (Å²) in [7, 11) is 0. The highest BCUT2D eigenvalue weighted by atomic mass is 16.6. The van der Waals surface area contributed by atoms with Crippen molar-refractivity contribution in [2.45, 2.75) is 57.8 Å². The average molecular weight is 334 g/mol. The van der Waals surface area contributed by atoms with E-state index in [4.69, 9.17) is 4.74 Å². The number of hydrogen-bond donors (Lipinski definition) is 2. The Balaban J connectivity index is 1.67. The molecular weight excluding hydrogens is 304 g/mol. The number of aliphatic hydroxyl groups is 1. The van der Waals surface area contributed by atoms with Crippen LogP contribution in [0, 0.1) is 0 Å². The number of hydrogen-bond acceptors (Lipinski definition) is 4. The maximum atomic E-state index is 12.0. The molecule has 1 atom stereocenters. The molecule has 1 saturated heterocycles. The third-order valence-corrected chi connectivity index (χ3v) is 4.10. The maximum Gasteiger partial charge on any atom is 0.410 e. The van der Waals surface area contributed by atoms with Crippen LogP contribution in [-0.4, -0.2) is 53.5 Å². The number of rotatable bonds is 5. The molecule has 5 heteroatoms. The third kappa shape index (κ3) is 6.49. The Hall–Kier alpha value is -1.59. The largest absolute Gasteiger partial charge is 0.444 e. The number of ether oxygens (including phenoxy) is 1. The SMILES string of the molecule is CC(C)(C)OC(=O)N1CCC(NCC(O)Cc2ccccc2)CC1. The van der Waals surface area contributed by atoms with E-state index in [-0.39, 0.29) is 6.09 Å². The van der Waals surface area contributed by atoms with Crippen molar-refractivity contribution in [1.82, 2.24) is 10.2 Å². The van der Waals surface area contributed by atoms with Crippen molar-refractivity contribution in [2.75, 3.05) is 19.6 Å². The van der Waals surface area contributed by atoms with Crippen molar-refractivity contribution in [3.8, 4) is 0 Å². The number of amides is 1. The van der Waals surface area contributed by atoms with Crippen molar-refractivity contribution >= 4 is 6.09 Å². The second kappa shape index (κ2) is 8.49. The van der Waals surface area contributed by atoms with Gasteiger partial charge < -0.3 is 20.1 Å². The molecule has 0 radical (unpaired) electrons. The van der Waals surface area contributed by atoms with E-state index < -0.39 is 11.7 Å². The van der Waals surface area contributed by atoms with Crippen molar-refractivity contribution < 1.29 is 14.6 Å². The van der Waals surface area contributed by atoms with Crippen LogP contribution in [0.3, 0.4) is 0 Å². The average Bonchev–Trinajstić information content (AvgIpc) is 2.53. The Labute approximate surface area is 145 Å². The molecule has 1 aliphatic heterocycles. The molecule has 0 saturated carbocycles. The van der Waals surface area contributed by atoms with Gasteiger partial charge in [-0.05, 0) is 45.6 Å². The lowest BCUT2D eigenvalue weighted by molar-refractivity contribution is 0.0194. The fraction of sp³-hybridized carbons (Fsp3) is 0.632. The highest BCUT2D eigenvalue weighted by molar-refractivity contribution is 5.68. The van der Waals surface area contributed by atoms with E-state index in [9.17, 15) is 9.90 Å². The zero-order chi connectivity index (χ0) is 17.6. The second-order valence-corrected chi connectivity index (χ2v) is 7.49. The van der Waals surface area contributed by atoms with Crippen LogP contribution in [0.25, 0.3) is 0 Å². The smallest absolute Gasteiger partial charge is 0.410 e. The van der Waals surface area contributed by atoms with Crippen molar-refractivity contribution in [2.24, 2.45) is 0 Å². The number of piperidine rings is 1. The number of carbonyl (C=O) groups is 1. The first kappa shape index (κ1) is 18.7. The van der Waals surface area contributed by atoms with E-state index in [1.165, 1.54) is 0 Å². The Morgan fingerprint density at radius 3 is 2.50 bits per heavy atom. The van der Waals surface area contributed by atoms with Crippen molar-refractivity contribution in [1.29, 1.82) is 0 Å². The van der Waals surface area contributed by atoms with E-state index in [1.54, 1.807) is 4.90 Å². The molecule has 1 aromatic rings. The first-order valence-electron chi connectivity index (χ1n) is 8.77. The Kier molecular flexibility index (Phi) is 6.63. The Morgan fingerprint density at radius 2 is 1.92 bits per heavy atom. The molecule has 24 heavy (non-hydrogen) atoms. The quantitative estimate of drug-likeness (QED) is 0.869. The molecule has 2 rings (SSSR count). The van der Waals surface area contributed by atoms with E-state index in [2.05, 4.69) is 5.32 Å². The fourth-order valence-corrected chi connectivity index (χ4v) is 2.85. The molecule has 1 aliphatic rings. The standard InChI is InChI=1S/C19H30N2O3/c1-19(2,3)24-18(23)21-11-9-16(10-12-21)20-14-17(22)13-15-7-5-4-6-8-15/h4-8,16-17,20,22H,9-14H2,1-3H3. The molecule has 1 amide bonds. The number of aliphatic hydroxyl groups excluding tert-OH is 1. The number of nitrogens with one attached hydrogen (secondary N) is 1. The lowest BCUT2D eigenvalue weighted by Gasteiger charge is -2.34. The molecule has 0 aliphatic carbocycles. The summed E-state index contributed by atoms with van der Waals surface area (Å²) in [6.07, 6.45) is 1.81. The van der Waals surface area contributed by atoms with Gasteiger partial charge in [0.2, 0.25) is 0 Å². The van der Waals surface area contributed by atoms with E-state index >= 15 is 0 Å². The molecular formula is C19H30N2O3. The molecule has 5 nitrogen and oxygen atoms in total. The van der Waals surface area contributed by atoms with Gasteiger partial charge in [0, 0.05) is 25.7 Å². The molecule has 1 heterocycles. The fourth-order valence-electron chi connectivity index (χ4n) is 2.85. The topological polar surface area (TPSA) is 61.8 Å². The van der Waals surface area contributed by atoms with Crippen LogP contribution in [0.2, 0.25) is 0 Å². The van der Waals surface area contributed by atoms with Crippen LogP contribution in [0.4, 0.5) is 4.79 Å². The first-order chi connectivity index (χ1) is 11.3. The van der Waals surface area contributed by atoms with Gasteiger partial charge in [-0.25, -0.2) is 4.79 Å². The van der Waals surface area contributed by atoms with Crippen LogP contribution in [0.15, 0.2) is 30.3 Å². The predicted octanol–water partition coefficient (Wildman–Crippen LogP) is 2.58. The lowest BCUT2D eigenvalue weighted by atomic mass is 10.0. The van der Waals surface area contributed by atoms with Gasteiger partial charge in [-0.1, -0.05) is 30.3 Å². The molecule has 2 N–H and O–H groups in total. The molecule has 1 fully saturated rings. The summed E-state index contributed by atoms with van der Waals surface area (Å²) < 4.78 is 5.40. The van der Waals surface area contributed by atoms with Crippen LogP contribution in [0.5, 0.6) is 0 Å². The van der Waals surface area contributed by atoms with Crippen molar-refractivity contribution in [3.63, 3.8) is 0 Å². The van der Waals surface area contributed by atoms with Crippen molar-refractivity contribution in [3.05, 3.63) is 35.9 Å². The van der Waals surface area contributed by atoms with Gasteiger partial charge in [0.05, 0.1) is 6.10 Å². The van der Waals surface area contributed by atoms with E-state index in [1.807, 2.05) is 51.1 Å². The molecule has 1 aromatic carbocycles. The lowest BCUT2D eigenvalue weighted by Crippen LogP contribution is -2.47. The summed E-state index contributed by atoms with van der Waals surface area (Å²) in [6, 6.07) is 10.4.